The molecule has 0 atom stereocenters. The van der Waals surface area contributed by atoms with Crippen LogP contribution in [0.3, 0.4) is 0 Å². The lowest BCUT2D eigenvalue weighted by molar-refractivity contribution is -0.115. The Morgan fingerprint density at radius 1 is 1.15 bits per heavy atom. The van der Waals surface area contributed by atoms with Crippen molar-refractivity contribution in [2.75, 3.05) is 0 Å². The third-order valence-corrected chi connectivity index (χ3v) is 5.39. The number of aliphatic imine (C=N–C) groups is 1. The highest BCUT2D eigenvalue weighted by atomic mass is 79.9. The van der Waals surface area contributed by atoms with Crippen LogP contribution in [0.5, 0.6) is 5.75 Å². The largest absolute Gasteiger partial charge is 0.507 e. The maximum atomic E-state index is 12.2. The number of para-hydroxylation sites is 1. The maximum Gasteiger partial charge on any atom is 0.264 e. The fourth-order valence-electron chi connectivity index (χ4n) is 2.55. The number of aromatic nitrogens is 1. The van der Waals surface area contributed by atoms with Crippen molar-refractivity contribution in [2.24, 2.45) is 4.99 Å². The zero-order valence-corrected chi connectivity index (χ0v) is 15.7. The Balaban J connectivity index is 1.70. The Bertz CT molecular complexity index is 1100. The van der Waals surface area contributed by atoms with Gasteiger partial charge < -0.3 is 10.4 Å². The first kappa shape index (κ1) is 16.8. The molecule has 4 rings (SSSR count). The normalized spacial score (nSPS) is 17.2. The number of rotatable bonds is 2. The van der Waals surface area contributed by atoms with Gasteiger partial charge in [-0.3, -0.25) is 9.78 Å². The first-order chi connectivity index (χ1) is 12.6. The molecule has 0 radical (unpaired) electrons. The monoisotopic (exact) mass is 425 g/mol. The van der Waals surface area contributed by atoms with Gasteiger partial charge in [-0.1, -0.05) is 40.2 Å². The highest BCUT2D eigenvalue weighted by Crippen LogP contribution is 2.33. The minimum absolute atomic E-state index is 0.127. The molecule has 0 saturated carbocycles. The van der Waals surface area contributed by atoms with Gasteiger partial charge in [0, 0.05) is 21.6 Å². The molecule has 3 aromatic rings. The van der Waals surface area contributed by atoms with Crippen molar-refractivity contribution in [3.8, 4) is 5.75 Å². The molecule has 0 aliphatic carbocycles. The van der Waals surface area contributed by atoms with E-state index in [4.69, 9.17) is 0 Å². The number of benzene rings is 2. The molecule has 5 nitrogen and oxygen atoms in total. The predicted octanol–water partition coefficient (Wildman–Crippen LogP) is 4.59. The zero-order chi connectivity index (χ0) is 18.1. The number of pyridine rings is 1. The molecule has 128 valence electrons. The van der Waals surface area contributed by atoms with E-state index in [1.165, 1.54) is 11.8 Å². The summed E-state index contributed by atoms with van der Waals surface area (Å²) in [6.07, 6.45) is 3.36. The van der Waals surface area contributed by atoms with Crippen molar-refractivity contribution in [3.63, 3.8) is 0 Å². The van der Waals surface area contributed by atoms with Gasteiger partial charge in [0.05, 0.1) is 16.1 Å². The molecule has 7 heteroatoms. The summed E-state index contributed by atoms with van der Waals surface area (Å²) in [4.78, 5) is 21.6. The van der Waals surface area contributed by atoms with Gasteiger partial charge in [0.25, 0.3) is 5.91 Å². The van der Waals surface area contributed by atoms with Gasteiger partial charge in [-0.2, -0.15) is 0 Å². The van der Waals surface area contributed by atoms with Crippen molar-refractivity contribution in [1.82, 2.24) is 10.3 Å². The van der Waals surface area contributed by atoms with E-state index < -0.39 is 0 Å². The molecule has 2 N–H and O–H groups in total. The van der Waals surface area contributed by atoms with Gasteiger partial charge in [-0.15, -0.1) is 0 Å². The van der Waals surface area contributed by atoms with Gasteiger partial charge in [-0.05, 0) is 42.1 Å². The lowest BCUT2D eigenvalue weighted by atomic mass is 10.2. The van der Waals surface area contributed by atoms with Gasteiger partial charge >= 0.3 is 0 Å². The standard InChI is InChI=1S/C19H12BrN3O2S/c20-13-7-8-14(17-12(13)5-3-9-21-17)22-19-23-18(25)16(26-19)10-11-4-1-2-6-15(11)24/h1-10,24H,(H,22,23,25)/b16-10-. The molecule has 1 aromatic heterocycles. The lowest BCUT2D eigenvalue weighted by Gasteiger charge is -2.03. The summed E-state index contributed by atoms with van der Waals surface area (Å²) in [5.74, 6) is -0.117. The minimum Gasteiger partial charge on any atom is -0.507 e. The van der Waals surface area contributed by atoms with E-state index >= 15 is 0 Å². The van der Waals surface area contributed by atoms with Crippen LogP contribution in [0.15, 0.2) is 69.1 Å². The molecular weight excluding hydrogens is 414 g/mol. The molecule has 2 aromatic carbocycles. The van der Waals surface area contributed by atoms with Gasteiger partial charge in [0.2, 0.25) is 0 Å². The van der Waals surface area contributed by atoms with Crippen molar-refractivity contribution in [2.45, 2.75) is 0 Å². The molecule has 1 aliphatic rings. The van der Waals surface area contributed by atoms with Crippen molar-refractivity contribution < 1.29 is 9.90 Å². The minimum atomic E-state index is -0.244. The van der Waals surface area contributed by atoms with E-state index in [9.17, 15) is 9.90 Å². The number of hydrogen-bond acceptors (Lipinski definition) is 5. The van der Waals surface area contributed by atoms with Gasteiger partial charge in [0.15, 0.2) is 5.17 Å². The van der Waals surface area contributed by atoms with Gasteiger partial charge in [0.1, 0.15) is 5.75 Å². The molecular formula is C19H12BrN3O2S. The topological polar surface area (TPSA) is 74.6 Å². The third-order valence-electron chi connectivity index (χ3n) is 3.79. The molecule has 0 unspecified atom stereocenters. The number of nitrogens with zero attached hydrogens (tertiary/aromatic N) is 2. The van der Waals surface area contributed by atoms with Crippen LogP contribution in [-0.2, 0) is 4.79 Å². The van der Waals surface area contributed by atoms with Crippen LogP contribution < -0.4 is 5.32 Å². The third kappa shape index (κ3) is 3.23. The molecule has 26 heavy (non-hydrogen) atoms. The summed E-state index contributed by atoms with van der Waals surface area (Å²) < 4.78 is 0.938. The second-order valence-corrected chi connectivity index (χ2v) is 7.39. The van der Waals surface area contributed by atoms with Crippen molar-refractivity contribution in [3.05, 3.63) is 69.7 Å². The van der Waals surface area contributed by atoms with Crippen LogP contribution in [0.4, 0.5) is 5.69 Å². The number of nitrogens with one attached hydrogen (secondary N) is 1. The van der Waals surface area contributed by atoms with Crippen LogP contribution in [0.25, 0.3) is 17.0 Å². The van der Waals surface area contributed by atoms with Gasteiger partial charge in [-0.25, -0.2) is 4.99 Å². The van der Waals surface area contributed by atoms with Crippen LogP contribution in [-0.4, -0.2) is 21.2 Å². The number of aromatic hydroxyl groups is 1. The van der Waals surface area contributed by atoms with Crippen LogP contribution in [0.2, 0.25) is 0 Å². The number of amides is 1. The van der Waals surface area contributed by atoms with Crippen molar-refractivity contribution in [1.29, 1.82) is 0 Å². The molecule has 1 saturated heterocycles. The molecule has 1 fully saturated rings. The molecule has 1 amide bonds. The number of carbonyl (C=O) groups is 1. The number of amidine groups is 1. The first-order valence-electron chi connectivity index (χ1n) is 7.72. The van der Waals surface area contributed by atoms with Crippen LogP contribution >= 0.6 is 27.7 Å². The first-order valence-corrected chi connectivity index (χ1v) is 9.33. The average molecular weight is 426 g/mol. The Hall–Kier alpha value is -2.64. The smallest absolute Gasteiger partial charge is 0.264 e. The number of hydrogen-bond donors (Lipinski definition) is 2. The second-order valence-electron chi connectivity index (χ2n) is 5.51. The highest BCUT2D eigenvalue weighted by Gasteiger charge is 2.24. The quantitative estimate of drug-likeness (QED) is 0.588. The van der Waals surface area contributed by atoms with Crippen LogP contribution in [0, 0.1) is 0 Å². The lowest BCUT2D eigenvalue weighted by Crippen LogP contribution is -2.19. The summed E-state index contributed by atoms with van der Waals surface area (Å²) in [6.45, 7) is 0. The van der Waals surface area contributed by atoms with E-state index in [-0.39, 0.29) is 11.7 Å². The Morgan fingerprint density at radius 2 is 2.00 bits per heavy atom. The number of carbonyl (C=O) groups excluding carboxylic acids is 1. The Labute approximate surface area is 162 Å². The number of phenolic OH excluding ortho intramolecular Hbond substituents is 1. The summed E-state index contributed by atoms with van der Waals surface area (Å²) in [7, 11) is 0. The summed E-state index contributed by atoms with van der Waals surface area (Å²) in [5, 5.41) is 14.1. The highest BCUT2D eigenvalue weighted by molar-refractivity contribution is 9.10. The van der Waals surface area contributed by atoms with E-state index in [0.717, 1.165) is 15.4 Å². The Morgan fingerprint density at radius 3 is 2.85 bits per heavy atom. The SMILES string of the molecule is O=C1NC(=Nc2ccc(Br)c3cccnc23)S/C1=C\c1ccccc1O. The number of halogens is 1. The number of fused-ring (bicyclic) bond motifs is 1. The fourth-order valence-corrected chi connectivity index (χ4v) is 3.83. The average Bonchev–Trinajstić information content (AvgIpc) is 2.99. The van der Waals surface area contributed by atoms with E-state index in [2.05, 4.69) is 31.2 Å². The summed E-state index contributed by atoms with van der Waals surface area (Å²) >= 11 is 4.74. The zero-order valence-electron chi connectivity index (χ0n) is 13.3. The van der Waals surface area contributed by atoms with Crippen molar-refractivity contribution >= 4 is 61.4 Å². The summed E-state index contributed by atoms with van der Waals surface area (Å²) in [5.41, 5.74) is 2.01. The van der Waals surface area contributed by atoms with Crippen LogP contribution in [0.1, 0.15) is 5.56 Å². The van der Waals surface area contributed by atoms with E-state index in [0.29, 0.717) is 21.3 Å². The number of phenols is 1. The molecule has 1 aliphatic heterocycles. The molecule has 2 heterocycles. The van der Waals surface area contributed by atoms with E-state index in [1.807, 2.05) is 24.3 Å². The predicted molar refractivity (Wildman–Crippen MR) is 108 cm³/mol. The fraction of sp³-hybridized carbons (Fsp3) is 0. The second kappa shape index (κ2) is 6.93. The number of thioether (sulfide) groups is 1. The van der Waals surface area contributed by atoms with E-state index in [1.54, 1.807) is 36.5 Å². The molecule has 0 spiro atoms. The summed E-state index contributed by atoms with van der Waals surface area (Å²) in [6, 6.07) is 14.4. The Kier molecular flexibility index (Phi) is 4.48. The maximum absolute atomic E-state index is 12.2. The molecule has 0 bridgehead atoms.